The number of nitrogens with two attached hydrogens (primary N) is 1. The Hall–Kier alpha value is -1.27. The van der Waals surface area contributed by atoms with Crippen LogP contribution in [-0.2, 0) is 6.42 Å². The Labute approximate surface area is 137 Å². The highest BCUT2D eigenvalue weighted by atomic mass is 79.9. The number of anilines is 2. The molecule has 0 aliphatic rings. The fraction of sp³-hybridized carbons (Fsp3) is 0.400. The number of pyridine rings is 1. The van der Waals surface area contributed by atoms with Gasteiger partial charge in [-0.1, -0.05) is 0 Å². The van der Waals surface area contributed by atoms with Crippen LogP contribution < -0.4 is 15.8 Å². The molecule has 0 saturated carbocycles. The van der Waals surface area contributed by atoms with Crippen LogP contribution in [0.4, 0.5) is 11.5 Å². The fourth-order valence-electron chi connectivity index (χ4n) is 1.72. The zero-order valence-corrected chi connectivity index (χ0v) is 14.8. The summed E-state index contributed by atoms with van der Waals surface area (Å²) < 4.78 is 6.92. The molecule has 2 aromatic heterocycles. The molecule has 2 heterocycles. The van der Waals surface area contributed by atoms with Gasteiger partial charge in [0.2, 0.25) is 5.88 Å². The van der Waals surface area contributed by atoms with Gasteiger partial charge in [-0.2, -0.15) is 4.98 Å². The third kappa shape index (κ3) is 5.21. The zero-order chi connectivity index (χ0) is 15.5. The molecule has 114 valence electrons. The first kappa shape index (κ1) is 16.1. The zero-order valence-electron chi connectivity index (χ0n) is 12.4. The Balaban J connectivity index is 1.95. The molecule has 0 spiro atoms. The van der Waals surface area contributed by atoms with Crippen LogP contribution in [0.2, 0.25) is 0 Å². The minimum Gasteiger partial charge on any atom is -0.470 e. The molecule has 0 unspecified atom stereocenters. The molecule has 3 N–H and O–H groups in total. The molecule has 2 rings (SSSR count). The van der Waals surface area contributed by atoms with Crippen LogP contribution >= 0.6 is 27.3 Å². The molecular formula is C15H20BrN3OS. The van der Waals surface area contributed by atoms with E-state index in [2.05, 4.69) is 38.4 Å². The number of ether oxygens (including phenoxy) is 1. The molecule has 0 aromatic carbocycles. The first-order chi connectivity index (χ1) is 9.83. The number of hydrogen-bond donors (Lipinski definition) is 2. The van der Waals surface area contributed by atoms with Gasteiger partial charge in [0, 0.05) is 11.4 Å². The van der Waals surface area contributed by atoms with Crippen LogP contribution in [0.15, 0.2) is 28.1 Å². The lowest BCUT2D eigenvalue weighted by molar-refractivity contribution is 0.125. The van der Waals surface area contributed by atoms with Crippen molar-refractivity contribution in [2.45, 2.75) is 32.8 Å². The molecular weight excluding hydrogens is 350 g/mol. The largest absolute Gasteiger partial charge is 0.470 e. The highest BCUT2D eigenvalue weighted by Gasteiger charge is 2.15. The highest BCUT2D eigenvalue weighted by Crippen LogP contribution is 2.25. The molecule has 0 bridgehead atoms. The van der Waals surface area contributed by atoms with Gasteiger partial charge in [0.25, 0.3) is 0 Å². The molecule has 0 fully saturated rings. The summed E-state index contributed by atoms with van der Waals surface area (Å²) in [5, 5.41) is 3.30. The van der Waals surface area contributed by atoms with Gasteiger partial charge in [0.15, 0.2) is 0 Å². The Morgan fingerprint density at radius 2 is 2.05 bits per heavy atom. The van der Waals surface area contributed by atoms with Crippen molar-refractivity contribution in [2.75, 3.05) is 17.6 Å². The maximum atomic E-state index is 5.90. The van der Waals surface area contributed by atoms with Crippen molar-refractivity contribution in [2.24, 2.45) is 0 Å². The minimum absolute atomic E-state index is 0.316. The van der Waals surface area contributed by atoms with E-state index in [1.165, 1.54) is 4.88 Å². The maximum Gasteiger partial charge on any atom is 0.239 e. The molecule has 0 atom stereocenters. The summed E-state index contributed by atoms with van der Waals surface area (Å²) in [5.41, 5.74) is 6.14. The summed E-state index contributed by atoms with van der Waals surface area (Å²) in [6, 6.07) is 7.88. The third-order valence-electron chi connectivity index (χ3n) is 2.60. The number of aromatic nitrogens is 1. The number of thiophene rings is 1. The van der Waals surface area contributed by atoms with Crippen LogP contribution in [0.25, 0.3) is 0 Å². The molecule has 0 aliphatic heterocycles. The second-order valence-electron chi connectivity index (χ2n) is 5.69. The molecule has 0 aliphatic carbocycles. The standard InChI is InChI=1S/C15H20BrN3OS/c1-15(2,3)20-14-11(17)5-7-13(19-14)18-9-8-10-4-6-12(16)21-10/h4-7H,8-9,17H2,1-3H3,(H,18,19). The van der Waals surface area contributed by atoms with Crippen molar-refractivity contribution in [3.8, 4) is 5.88 Å². The smallest absolute Gasteiger partial charge is 0.239 e. The van der Waals surface area contributed by atoms with Gasteiger partial charge in [-0.25, -0.2) is 0 Å². The van der Waals surface area contributed by atoms with E-state index in [1.807, 2.05) is 32.9 Å². The van der Waals surface area contributed by atoms with E-state index in [0.29, 0.717) is 11.6 Å². The van der Waals surface area contributed by atoms with Crippen LogP contribution in [0.3, 0.4) is 0 Å². The van der Waals surface area contributed by atoms with Crippen LogP contribution in [0, 0.1) is 0 Å². The molecule has 4 nitrogen and oxygen atoms in total. The van der Waals surface area contributed by atoms with E-state index in [-0.39, 0.29) is 5.60 Å². The van der Waals surface area contributed by atoms with Gasteiger partial charge in [0.1, 0.15) is 11.4 Å². The Bertz CT molecular complexity index is 607. The van der Waals surface area contributed by atoms with Crippen LogP contribution in [0.5, 0.6) is 5.88 Å². The lowest BCUT2D eigenvalue weighted by Crippen LogP contribution is -2.24. The summed E-state index contributed by atoms with van der Waals surface area (Å²) in [5.74, 6) is 1.26. The molecule has 6 heteroatoms. The van der Waals surface area contributed by atoms with Crippen molar-refractivity contribution in [3.05, 3.63) is 32.9 Å². The SMILES string of the molecule is CC(C)(C)Oc1nc(NCCc2ccc(Br)s2)ccc1N. The Morgan fingerprint density at radius 3 is 2.67 bits per heavy atom. The predicted octanol–water partition coefficient (Wildman–Crippen LogP) is 4.32. The van der Waals surface area contributed by atoms with Crippen molar-refractivity contribution in [3.63, 3.8) is 0 Å². The van der Waals surface area contributed by atoms with Crippen molar-refractivity contribution in [1.29, 1.82) is 0 Å². The summed E-state index contributed by atoms with van der Waals surface area (Å²) >= 11 is 5.22. The average molecular weight is 370 g/mol. The van der Waals surface area contributed by atoms with E-state index in [9.17, 15) is 0 Å². The van der Waals surface area contributed by atoms with Gasteiger partial charge in [-0.05, 0) is 67.4 Å². The van der Waals surface area contributed by atoms with E-state index >= 15 is 0 Å². The molecule has 0 amide bonds. The number of nitrogens with one attached hydrogen (secondary N) is 1. The topological polar surface area (TPSA) is 60.2 Å². The summed E-state index contributed by atoms with van der Waals surface area (Å²) in [7, 11) is 0. The molecule has 21 heavy (non-hydrogen) atoms. The number of nitrogens with zero attached hydrogens (tertiary/aromatic N) is 1. The van der Waals surface area contributed by atoms with Crippen molar-refractivity contribution in [1.82, 2.24) is 4.98 Å². The maximum absolute atomic E-state index is 5.90. The number of halogens is 1. The van der Waals surface area contributed by atoms with E-state index in [4.69, 9.17) is 10.5 Å². The minimum atomic E-state index is -0.316. The number of rotatable bonds is 5. The Morgan fingerprint density at radius 1 is 1.29 bits per heavy atom. The van der Waals surface area contributed by atoms with Gasteiger partial charge in [-0.15, -0.1) is 11.3 Å². The van der Waals surface area contributed by atoms with Crippen LogP contribution in [-0.4, -0.2) is 17.1 Å². The number of hydrogen-bond acceptors (Lipinski definition) is 5. The van der Waals surface area contributed by atoms with E-state index in [0.717, 1.165) is 22.6 Å². The van der Waals surface area contributed by atoms with E-state index < -0.39 is 0 Å². The average Bonchev–Trinajstić information content (AvgIpc) is 2.77. The highest BCUT2D eigenvalue weighted by molar-refractivity contribution is 9.11. The van der Waals surface area contributed by atoms with E-state index in [1.54, 1.807) is 11.3 Å². The number of nitrogen functional groups attached to an aromatic ring is 1. The Kier molecular flexibility index (Phi) is 5.11. The first-order valence-electron chi connectivity index (χ1n) is 6.77. The quantitative estimate of drug-likeness (QED) is 0.823. The van der Waals surface area contributed by atoms with Crippen LogP contribution in [0.1, 0.15) is 25.6 Å². The second-order valence-corrected chi connectivity index (χ2v) is 8.24. The second kappa shape index (κ2) is 6.66. The first-order valence-corrected chi connectivity index (χ1v) is 8.38. The molecule has 2 aromatic rings. The third-order valence-corrected chi connectivity index (χ3v) is 4.28. The summed E-state index contributed by atoms with van der Waals surface area (Å²) in [6.07, 6.45) is 0.956. The monoisotopic (exact) mass is 369 g/mol. The summed E-state index contributed by atoms with van der Waals surface area (Å²) in [6.45, 7) is 6.74. The van der Waals surface area contributed by atoms with Gasteiger partial charge in [-0.3, -0.25) is 0 Å². The summed E-state index contributed by atoms with van der Waals surface area (Å²) in [4.78, 5) is 5.76. The molecule has 0 radical (unpaired) electrons. The van der Waals surface area contributed by atoms with Gasteiger partial charge in [0.05, 0.1) is 9.47 Å². The molecule has 0 saturated heterocycles. The predicted molar refractivity (Wildman–Crippen MR) is 93.2 cm³/mol. The lowest BCUT2D eigenvalue weighted by Gasteiger charge is -2.21. The fourth-order valence-corrected chi connectivity index (χ4v) is 3.20. The van der Waals surface area contributed by atoms with Gasteiger partial charge < -0.3 is 15.8 Å². The van der Waals surface area contributed by atoms with Crippen molar-refractivity contribution < 1.29 is 4.74 Å². The van der Waals surface area contributed by atoms with Crippen molar-refractivity contribution >= 4 is 38.8 Å². The lowest BCUT2D eigenvalue weighted by atomic mass is 10.2. The van der Waals surface area contributed by atoms with Gasteiger partial charge >= 0.3 is 0 Å². The normalized spacial score (nSPS) is 11.4.